The maximum absolute atomic E-state index is 11.7. The van der Waals surface area contributed by atoms with E-state index in [9.17, 15) is 9.90 Å². The van der Waals surface area contributed by atoms with Crippen molar-refractivity contribution in [2.24, 2.45) is 11.8 Å². The molecule has 1 aromatic carbocycles. The molecule has 1 fully saturated rings. The van der Waals surface area contributed by atoms with E-state index in [0.717, 1.165) is 9.13 Å². The van der Waals surface area contributed by atoms with Gasteiger partial charge in [0.2, 0.25) is 0 Å². The number of phenolic OH excluding ortho intramolecular Hbond substituents is 1. The highest BCUT2D eigenvalue weighted by molar-refractivity contribution is 14.1. The summed E-state index contributed by atoms with van der Waals surface area (Å²) in [7, 11) is 1.43. The van der Waals surface area contributed by atoms with Gasteiger partial charge in [0.05, 0.1) is 16.6 Å². The molecular weight excluding hydrogens is 343 g/mol. The van der Waals surface area contributed by atoms with Gasteiger partial charge in [-0.2, -0.15) is 0 Å². The Kier molecular flexibility index (Phi) is 4.14. The lowest BCUT2D eigenvalue weighted by Gasteiger charge is -2.22. The number of hydrogen-bond acceptors (Lipinski definition) is 3. The second kappa shape index (κ2) is 5.47. The zero-order chi connectivity index (χ0) is 13.3. The largest absolute Gasteiger partial charge is 0.507 e. The Hall–Kier alpha value is -0.780. The van der Waals surface area contributed by atoms with Crippen LogP contribution in [0, 0.1) is 15.4 Å². The molecule has 0 aliphatic heterocycles. The predicted molar refractivity (Wildman–Crippen MR) is 77.5 cm³/mol. The van der Waals surface area contributed by atoms with Gasteiger partial charge in [-0.3, -0.25) is 4.79 Å². The standard InChI is InChI=1S/C14H17IO3/c1-8(14(17)18-2)13(9-3-4-9)10-5-6-12(16)11(15)7-10/h5-9,13,16H,3-4H2,1-2H3/t8-,13-/m0/s1. The summed E-state index contributed by atoms with van der Waals surface area (Å²) in [5.74, 6) is 0.767. The number of benzene rings is 1. The van der Waals surface area contributed by atoms with E-state index in [4.69, 9.17) is 4.74 Å². The predicted octanol–water partition coefficient (Wildman–Crippen LogP) is 3.30. The van der Waals surface area contributed by atoms with Crippen molar-refractivity contribution in [3.8, 4) is 5.75 Å². The fourth-order valence-electron chi connectivity index (χ4n) is 2.49. The molecule has 1 saturated carbocycles. The molecule has 4 heteroatoms. The van der Waals surface area contributed by atoms with Crippen molar-refractivity contribution < 1.29 is 14.6 Å². The molecule has 3 nitrogen and oxygen atoms in total. The van der Waals surface area contributed by atoms with Gasteiger partial charge in [-0.05, 0) is 65.0 Å². The van der Waals surface area contributed by atoms with E-state index in [1.54, 1.807) is 6.07 Å². The molecule has 1 aliphatic rings. The Bertz CT molecular complexity index is 454. The highest BCUT2D eigenvalue weighted by atomic mass is 127. The molecule has 98 valence electrons. The number of carbonyl (C=O) groups excluding carboxylic acids is 1. The number of ether oxygens (including phenoxy) is 1. The number of halogens is 1. The van der Waals surface area contributed by atoms with Crippen molar-refractivity contribution in [3.63, 3.8) is 0 Å². The Morgan fingerprint density at radius 2 is 2.17 bits per heavy atom. The van der Waals surface area contributed by atoms with E-state index in [1.165, 1.54) is 20.0 Å². The van der Waals surface area contributed by atoms with Crippen LogP contribution in [-0.2, 0) is 9.53 Å². The lowest BCUT2D eigenvalue weighted by atomic mass is 9.83. The third kappa shape index (κ3) is 2.79. The summed E-state index contributed by atoms with van der Waals surface area (Å²) < 4.78 is 5.68. The van der Waals surface area contributed by atoms with E-state index in [-0.39, 0.29) is 17.8 Å². The molecule has 1 aliphatic carbocycles. The van der Waals surface area contributed by atoms with Crippen LogP contribution in [0.25, 0.3) is 0 Å². The minimum absolute atomic E-state index is 0.136. The third-order valence-corrected chi connectivity index (χ3v) is 4.46. The van der Waals surface area contributed by atoms with E-state index in [2.05, 4.69) is 22.6 Å². The number of hydrogen-bond donors (Lipinski definition) is 1. The Morgan fingerprint density at radius 3 is 2.67 bits per heavy atom. The summed E-state index contributed by atoms with van der Waals surface area (Å²) in [6.07, 6.45) is 2.34. The average molecular weight is 360 g/mol. The highest BCUT2D eigenvalue weighted by Gasteiger charge is 2.39. The number of phenols is 1. The van der Waals surface area contributed by atoms with Gasteiger partial charge in [0.25, 0.3) is 0 Å². The van der Waals surface area contributed by atoms with Crippen LogP contribution in [0.3, 0.4) is 0 Å². The van der Waals surface area contributed by atoms with Crippen LogP contribution >= 0.6 is 22.6 Å². The summed E-state index contributed by atoms with van der Waals surface area (Å²) in [5.41, 5.74) is 1.12. The van der Waals surface area contributed by atoms with E-state index in [1.807, 2.05) is 19.1 Å². The van der Waals surface area contributed by atoms with E-state index >= 15 is 0 Å². The second-order valence-electron chi connectivity index (χ2n) is 4.89. The van der Waals surface area contributed by atoms with Gasteiger partial charge >= 0.3 is 5.97 Å². The molecule has 1 aromatic rings. The number of carbonyl (C=O) groups is 1. The van der Waals surface area contributed by atoms with Gasteiger partial charge in [-0.25, -0.2) is 0 Å². The molecule has 0 unspecified atom stereocenters. The third-order valence-electron chi connectivity index (χ3n) is 3.60. The molecule has 0 heterocycles. The molecule has 1 N–H and O–H groups in total. The van der Waals surface area contributed by atoms with Crippen molar-refractivity contribution in [2.45, 2.75) is 25.7 Å². The number of methoxy groups -OCH3 is 1. The van der Waals surface area contributed by atoms with Crippen LogP contribution in [0.2, 0.25) is 0 Å². The van der Waals surface area contributed by atoms with Crippen molar-refractivity contribution in [1.29, 1.82) is 0 Å². The smallest absolute Gasteiger partial charge is 0.309 e. The number of aromatic hydroxyl groups is 1. The monoisotopic (exact) mass is 360 g/mol. The molecule has 0 spiro atoms. The van der Waals surface area contributed by atoms with E-state index < -0.39 is 0 Å². The Labute approximate surface area is 121 Å². The van der Waals surface area contributed by atoms with Crippen LogP contribution in [0.5, 0.6) is 5.75 Å². The summed E-state index contributed by atoms with van der Waals surface area (Å²) in [5, 5.41) is 9.57. The molecule has 0 saturated heterocycles. The number of esters is 1. The first-order valence-electron chi connectivity index (χ1n) is 6.10. The van der Waals surface area contributed by atoms with Crippen LogP contribution in [0.15, 0.2) is 18.2 Å². The van der Waals surface area contributed by atoms with Crippen molar-refractivity contribution in [3.05, 3.63) is 27.3 Å². The highest BCUT2D eigenvalue weighted by Crippen LogP contribution is 2.47. The second-order valence-corrected chi connectivity index (χ2v) is 6.05. The molecule has 0 amide bonds. The van der Waals surface area contributed by atoms with Gasteiger partial charge < -0.3 is 9.84 Å². The zero-order valence-corrected chi connectivity index (χ0v) is 12.7. The minimum atomic E-state index is -0.157. The van der Waals surface area contributed by atoms with Crippen LogP contribution in [-0.4, -0.2) is 18.2 Å². The molecular formula is C14H17IO3. The summed E-state index contributed by atoms with van der Waals surface area (Å²) in [4.78, 5) is 11.7. The fraction of sp³-hybridized carbons (Fsp3) is 0.500. The molecule has 0 bridgehead atoms. The molecule has 18 heavy (non-hydrogen) atoms. The maximum atomic E-state index is 11.7. The van der Waals surface area contributed by atoms with Crippen molar-refractivity contribution in [1.82, 2.24) is 0 Å². The number of rotatable bonds is 4. The van der Waals surface area contributed by atoms with Gasteiger partial charge in [0, 0.05) is 0 Å². The lowest BCUT2D eigenvalue weighted by Crippen LogP contribution is -2.22. The zero-order valence-electron chi connectivity index (χ0n) is 10.5. The van der Waals surface area contributed by atoms with Gasteiger partial charge in [0.15, 0.2) is 0 Å². The maximum Gasteiger partial charge on any atom is 0.309 e. The SMILES string of the molecule is COC(=O)[C@@H](C)[C@H](c1ccc(O)c(I)c1)C1CC1. The van der Waals surface area contributed by atoms with Crippen LogP contribution < -0.4 is 0 Å². The minimum Gasteiger partial charge on any atom is -0.507 e. The molecule has 0 radical (unpaired) electrons. The Morgan fingerprint density at radius 1 is 1.50 bits per heavy atom. The van der Waals surface area contributed by atoms with Crippen molar-refractivity contribution >= 4 is 28.6 Å². The quantitative estimate of drug-likeness (QED) is 0.662. The molecule has 2 rings (SSSR count). The van der Waals surface area contributed by atoms with Crippen LogP contribution in [0.4, 0.5) is 0 Å². The first kappa shape index (κ1) is 13.6. The van der Waals surface area contributed by atoms with Gasteiger partial charge in [-0.15, -0.1) is 0 Å². The van der Waals surface area contributed by atoms with Crippen molar-refractivity contribution in [2.75, 3.05) is 7.11 Å². The molecule has 2 atom stereocenters. The topological polar surface area (TPSA) is 46.5 Å². The van der Waals surface area contributed by atoms with Crippen LogP contribution in [0.1, 0.15) is 31.2 Å². The summed E-state index contributed by atoms with van der Waals surface area (Å²) in [6.45, 7) is 1.93. The van der Waals surface area contributed by atoms with Gasteiger partial charge in [-0.1, -0.05) is 13.0 Å². The first-order valence-corrected chi connectivity index (χ1v) is 7.18. The summed E-state index contributed by atoms with van der Waals surface area (Å²) >= 11 is 2.11. The molecule has 0 aromatic heterocycles. The normalized spacial score (nSPS) is 18.2. The first-order chi connectivity index (χ1) is 8.54. The Balaban J connectivity index is 2.29. The summed E-state index contributed by atoms with van der Waals surface area (Å²) in [6, 6.07) is 5.59. The van der Waals surface area contributed by atoms with Gasteiger partial charge in [0.1, 0.15) is 5.75 Å². The van der Waals surface area contributed by atoms with E-state index in [0.29, 0.717) is 11.7 Å². The lowest BCUT2D eigenvalue weighted by molar-refractivity contribution is -0.145. The fourth-order valence-corrected chi connectivity index (χ4v) is 3.03. The average Bonchev–Trinajstić information content (AvgIpc) is 3.17.